The first-order chi connectivity index (χ1) is 15.5. The summed E-state index contributed by atoms with van der Waals surface area (Å²) in [5, 5.41) is 3.32. The van der Waals surface area contributed by atoms with E-state index in [1.54, 1.807) is 7.11 Å². The number of ketones is 1. The van der Waals surface area contributed by atoms with Gasteiger partial charge in [-0.2, -0.15) is 0 Å². The molecule has 0 saturated heterocycles. The molecule has 6 heteroatoms. The lowest BCUT2D eigenvalue weighted by Crippen LogP contribution is -2.34. The second kappa shape index (κ2) is 9.74. The third-order valence-electron chi connectivity index (χ3n) is 5.97. The number of benzene rings is 2. The fourth-order valence-electron chi connectivity index (χ4n) is 4.48. The average molecular weight is 496 g/mol. The highest BCUT2D eigenvalue weighted by atomic mass is 79.9. The van der Waals surface area contributed by atoms with Crippen LogP contribution in [0.3, 0.4) is 0 Å². The lowest BCUT2D eigenvalue weighted by molar-refractivity contribution is -0.139. The molecule has 0 radical (unpaired) electrons. The standard InChI is InChI=1S/C26H26BrNO4/c1-16-23(26(30)32-14-13-17-7-4-3-5-8-17)24(19-15-18(27)11-12-22(19)31-2)25-20(28-16)9-6-10-21(25)29/h3-5,7-8,11-12,15,24,28H,6,9-10,13-14H2,1-2H3. The minimum Gasteiger partial charge on any atom is -0.496 e. The fraction of sp³-hybridized carbons (Fsp3) is 0.308. The van der Waals surface area contributed by atoms with Crippen LogP contribution in [0.2, 0.25) is 0 Å². The molecule has 1 atom stereocenters. The smallest absolute Gasteiger partial charge is 0.336 e. The Morgan fingerprint density at radius 2 is 1.94 bits per heavy atom. The molecule has 166 valence electrons. The number of ether oxygens (including phenoxy) is 2. The van der Waals surface area contributed by atoms with E-state index in [0.29, 0.717) is 29.7 Å². The summed E-state index contributed by atoms with van der Waals surface area (Å²) in [4.78, 5) is 26.4. The number of carbonyl (C=O) groups is 2. The number of allylic oxidation sites excluding steroid dienone is 3. The van der Waals surface area contributed by atoms with Crippen LogP contribution in [0.25, 0.3) is 0 Å². The highest BCUT2D eigenvalue weighted by Gasteiger charge is 2.40. The number of methoxy groups -OCH3 is 1. The predicted octanol–water partition coefficient (Wildman–Crippen LogP) is 5.21. The molecule has 32 heavy (non-hydrogen) atoms. The highest BCUT2D eigenvalue weighted by molar-refractivity contribution is 9.10. The van der Waals surface area contributed by atoms with Crippen LogP contribution in [0, 0.1) is 0 Å². The van der Waals surface area contributed by atoms with Crippen molar-refractivity contribution in [1.29, 1.82) is 0 Å². The molecule has 0 fully saturated rings. The zero-order chi connectivity index (χ0) is 22.7. The Labute approximate surface area is 196 Å². The molecule has 2 aromatic rings. The van der Waals surface area contributed by atoms with E-state index >= 15 is 0 Å². The van der Waals surface area contributed by atoms with Crippen LogP contribution in [0.4, 0.5) is 0 Å². The molecule has 1 aliphatic heterocycles. The van der Waals surface area contributed by atoms with Gasteiger partial charge in [0.25, 0.3) is 0 Å². The van der Waals surface area contributed by atoms with Crippen LogP contribution >= 0.6 is 15.9 Å². The molecular weight excluding hydrogens is 470 g/mol. The molecule has 0 saturated carbocycles. The van der Waals surface area contributed by atoms with Crippen LogP contribution < -0.4 is 10.1 Å². The van der Waals surface area contributed by atoms with E-state index in [4.69, 9.17) is 9.47 Å². The number of rotatable bonds is 6. The van der Waals surface area contributed by atoms with Gasteiger partial charge in [-0.05, 0) is 43.5 Å². The maximum Gasteiger partial charge on any atom is 0.336 e. The largest absolute Gasteiger partial charge is 0.496 e. The van der Waals surface area contributed by atoms with Gasteiger partial charge in [0.05, 0.1) is 25.2 Å². The minimum absolute atomic E-state index is 0.0628. The third kappa shape index (κ3) is 4.51. The molecule has 2 aliphatic rings. The van der Waals surface area contributed by atoms with Gasteiger partial charge in [0.2, 0.25) is 0 Å². The second-order valence-corrected chi connectivity index (χ2v) is 8.94. The quantitative estimate of drug-likeness (QED) is 0.557. The van der Waals surface area contributed by atoms with Crippen LogP contribution in [0.1, 0.15) is 43.2 Å². The van der Waals surface area contributed by atoms with E-state index in [9.17, 15) is 9.59 Å². The van der Waals surface area contributed by atoms with E-state index in [0.717, 1.165) is 39.8 Å². The van der Waals surface area contributed by atoms with E-state index in [1.165, 1.54) is 0 Å². The average Bonchev–Trinajstić information content (AvgIpc) is 2.79. The Morgan fingerprint density at radius 1 is 1.16 bits per heavy atom. The van der Waals surface area contributed by atoms with Gasteiger partial charge in [0.15, 0.2) is 5.78 Å². The normalized spacial score (nSPS) is 18.2. The summed E-state index contributed by atoms with van der Waals surface area (Å²) in [6, 6.07) is 15.6. The van der Waals surface area contributed by atoms with Crippen molar-refractivity contribution in [3.63, 3.8) is 0 Å². The number of hydrogen-bond donors (Lipinski definition) is 1. The van der Waals surface area contributed by atoms with Crippen LogP contribution in [-0.4, -0.2) is 25.5 Å². The van der Waals surface area contributed by atoms with Crippen molar-refractivity contribution < 1.29 is 19.1 Å². The lowest BCUT2D eigenvalue weighted by atomic mass is 9.75. The van der Waals surface area contributed by atoms with Crippen LogP contribution in [0.15, 0.2) is 75.5 Å². The molecule has 0 spiro atoms. The van der Waals surface area contributed by atoms with Gasteiger partial charge < -0.3 is 14.8 Å². The molecular formula is C26H26BrNO4. The Hall–Kier alpha value is -2.86. The molecule has 4 rings (SSSR count). The summed E-state index contributed by atoms with van der Waals surface area (Å²) in [5.41, 5.74) is 4.60. The van der Waals surface area contributed by atoms with E-state index in [1.807, 2.05) is 55.5 Å². The number of Topliss-reactive ketones (excluding diaryl/α,β-unsaturated/α-hetero) is 1. The van der Waals surface area contributed by atoms with E-state index < -0.39 is 11.9 Å². The van der Waals surface area contributed by atoms with Gasteiger partial charge in [-0.15, -0.1) is 0 Å². The number of esters is 1. The van der Waals surface area contributed by atoms with Crippen molar-refractivity contribution in [1.82, 2.24) is 5.32 Å². The molecule has 2 aromatic carbocycles. The molecule has 5 nitrogen and oxygen atoms in total. The first kappa shape index (κ1) is 22.3. The van der Waals surface area contributed by atoms with Gasteiger partial charge >= 0.3 is 5.97 Å². The molecule has 0 amide bonds. The van der Waals surface area contributed by atoms with Crippen LogP contribution in [-0.2, 0) is 20.7 Å². The van der Waals surface area contributed by atoms with Crippen molar-refractivity contribution in [2.75, 3.05) is 13.7 Å². The highest BCUT2D eigenvalue weighted by Crippen LogP contribution is 2.45. The summed E-state index contributed by atoms with van der Waals surface area (Å²) in [6.07, 6.45) is 2.69. The predicted molar refractivity (Wildman–Crippen MR) is 126 cm³/mol. The van der Waals surface area contributed by atoms with Crippen LogP contribution in [0.5, 0.6) is 5.75 Å². The van der Waals surface area contributed by atoms with Gasteiger partial charge in [0.1, 0.15) is 5.75 Å². The monoisotopic (exact) mass is 495 g/mol. The van der Waals surface area contributed by atoms with Crippen molar-refractivity contribution in [2.24, 2.45) is 0 Å². The summed E-state index contributed by atoms with van der Waals surface area (Å²) in [6.45, 7) is 2.13. The number of nitrogens with one attached hydrogen (secondary N) is 1. The van der Waals surface area contributed by atoms with Gasteiger partial charge in [-0.25, -0.2) is 4.79 Å². The minimum atomic E-state index is -0.532. The summed E-state index contributed by atoms with van der Waals surface area (Å²) < 4.78 is 12.2. The number of hydrogen-bond acceptors (Lipinski definition) is 5. The first-order valence-corrected chi connectivity index (χ1v) is 11.6. The lowest BCUT2D eigenvalue weighted by Gasteiger charge is -2.34. The summed E-state index contributed by atoms with van der Waals surface area (Å²) in [7, 11) is 1.60. The summed E-state index contributed by atoms with van der Waals surface area (Å²) >= 11 is 3.53. The third-order valence-corrected chi connectivity index (χ3v) is 6.46. The van der Waals surface area contributed by atoms with Gasteiger partial charge in [-0.3, -0.25) is 4.79 Å². The zero-order valence-corrected chi connectivity index (χ0v) is 19.8. The van der Waals surface area contributed by atoms with E-state index in [2.05, 4.69) is 21.2 Å². The maximum absolute atomic E-state index is 13.3. The Balaban J connectivity index is 1.70. The van der Waals surface area contributed by atoms with Crippen molar-refractivity contribution in [2.45, 2.75) is 38.5 Å². The molecule has 0 aromatic heterocycles. The Kier molecular flexibility index (Phi) is 6.80. The molecule has 1 aliphatic carbocycles. The fourth-order valence-corrected chi connectivity index (χ4v) is 4.86. The molecule has 1 heterocycles. The van der Waals surface area contributed by atoms with Gasteiger partial charge in [0, 0.05) is 39.8 Å². The van der Waals surface area contributed by atoms with E-state index in [-0.39, 0.29) is 12.4 Å². The first-order valence-electron chi connectivity index (χ1n) is 10.8. The molecule has 1 N–H and O–H groups in total. The SMILES string of the molecule is COc1ccc(Br)cc1C1C(C(=O)OCCc2ccccc2)=C(C)NC2=C1C(=O)CCC2. The summed E-state index contributed by atoms with van der Waals surface area (Å²) in [5.74, 6) is -0.251. The number of carbonyl (C=O) groups excluding carboxylic acids is 2. The molecule has 0 bridgehead atoms. The van der Waals surface area contributed by atoms with Crippen molar-refractivity contribution in [3.8, 4) is 5.75 Å². The second-order valence-electron chi connectivity index (χ2n) is 8.02. The maximum atomic E-state index is 13.3. The topological polar surface area (TPSA) is 64.6 Å². The number of halogens is 1. The van der Waals surface area contributed by atoms with Crippen molar-refractivity contribution in [3.05, 3.63) is 86.7 Å². The number of dihydropyridines is 1. The van der Waals surface area contributed by atoms with Crippen molar-refractivity contribution >= 4 is 27.7 Å². The van der Waals surface area contributed by atoms with Gasteiger partial charge in [-0.1, -0.05) is 46.3 Å². The Bertz CT molecular complexity index is 1100. The zero-order valence-electron chi connectivity index (χ0n) is 18.2. The molecule has 1 unspecified atom stereocenters. The Morgan fingerprint density at radius 3 is 2.69 bits per heavy atom.